The third-order valence-corrected chi connectivity index (χ3v) is 3.34. The Hall–Kier alpha value is -1.06. The van der Waals surface area contributed by atoms with Crippen LogP contribution in [0.3, 0.4) is 0 Å². The highest BCUT2D eigenvalue weighted by Gasteiger charge is 2.20. The Kier molecular flexibility index (Phi) is 6.77. The molecule has 1 atom stereocenters. The third-order valence-electron chi connectivity index (χ3n) is 3.34. The fraction of sp³-hybridized carbons (Fsp3) is 0.467. The molecule has 0 spiro atoms. The van der Waals surface area contributed by atoms with Crippen molar-refractivity contribution >= 4 is 12.6 Å². The van der Waals surface area contributed by atoms with Crippen LogP contribution in [0.25, 0.3) is 0 Å². The number of allylic oxidation sites excluding steroid dienone is 1. The topological polar surface area (TPSA) is 40.5 Å². The molecule has 98 valence electrons. The second-order valence-corrected chi connectivity index (χ2v) is 4.71. The Morgan fingerprint density at radius 1 is 1.28 bits per heavy atom. The van der Waals surface area contributed by atoms with Gasteiger partial charge >= 0.3 is 7.12 Å². The monoisotopic (exact) mass is 246 g/mol. The van der Waals surface area contributed by atoms with E-state index in [1.165, 1.54) is 0 Å². The van der Waals surface area contributed by atoms with Gasteiger partial charge in [-0.05, 0) is 36.2 Å². The summed E-state index contributed by atoms with van der Waals surface area (Å²) in [5.41, 5.74) is 1.71. The summed E-state index contributed by atoms with van der Waals surface area (Å²) in [5, 5.41) is 18.9. The number of unbranched alkanes of at least 4 members (excludes halogenated alkanes) is 1. The molecule has 1 unspecified atom stereocenters. The minimum atomic E-state index is -1.38. The first-order valence-corrected chi connectivity index (χ1v) is 6.76. The van der Waals surface area contributed by atoms with Crippen molar-refractivity contribution in [3.05, 3.63) is 42.5 Å². The molecular weight excluding hydrogens is 223 g/mol. The van der Waals surface area contributed by atoms with E-state index in [0.717, 1.165) is 37.7 Å². The highest BCUT2D eigenvalue weighted by Crippen LogP contribution is 2.26. The van der Waals surface area contributed by atoms with E-state index in [1.54, 1.807) is 6.07 Å². The van der Waals surface area contributed by atoms with E-state index in [9.17, 15) is 10.0 Å². The van der Waals surface area contributed by atoms with Crippen molar-refractivity contribution in [2.75, 3.05) is 0 Å². The van der Waals surface area contributed by atoms with E-state index in [1.807, 2.05) is 24.3 Å². The molecule has 0 aliphatic carbocycles. The van der Waals surface area contributed by atoms with Gasteiger partial charge in [-0.2, -0.15) is 0 Å². The number of hydrogen-bond donors (Lipinski definition) is 2. The van der Waals surface area contributed by atoms with Crippen molar-refractivity contribution in [1.82, 2.24) is 0 Å². The highest BCUT2D eigenvalue weighted by molar-refractivity contribution is 6.59. The van der Waals surface area contributed by atoms with Crippen molar-refractivity contribution in [3.8, 4) is 0 Å². The molecule has 0 fully saturated rings. The third kappa shape index (κ3) is 4.32. The average Bonchev–Trinajstić information content (AvgIpc) is 2.39. The maximum atomic E-state index is 9.44. The largest absolute Gasteiger partial charge is 0.488 e. The molecule has 0 heterocycles. The second kappa shape index (κ2) is 8.12. The molecule has 0 aliphatic rings. The molecule has 18 heavy (non-hydrogen) atoms. The first-order valence-electron chi connectivity index (χ1n) is 6.76. The quantitative estimate of drug-likeness (QED) is 0.546. The summed E-state index contributed by atoms with van der Waals surface area (Å²) in [6, 6.07) is 7.63. The van der Waals surface area contributed by atoms with Crippen LogP contribution in [0.2, 0.25) is 0 Å². The van der Waals surface area contributed by atoms with E-state index < -0.39 is 7.12 Å². The van der Waals surface area contributed by atoms with E-state index >= 15 is 0 Å². The molecule has 2 N–H and O–H groups in total. The standard InChI is InChI=1S/C15H23BO2/c1-3-5-9-13(10-6-4-2)14-11-7-8-12-15(14)16(17)18/h3,7-8,11-13,17-18H,1,4-6,9-10H2,2H3. The summed E-state index contributed by atoms with van der Waals surface area (Å²) in [4.78, 5) is 0. The van der Waals surface area contributed by atoms with Crippen LogP contribution in [0, 0.1) is 0 Å². The zero-order chi connectivity index (χ0) is 13.4. The van der Waals surface area contributed by atoms with Gasteiger partial charge in [0.1, 0.15) is 0 Å². The number of benzene rings is 1. The van der Waals surface area contributed by atoms with Crippen LogP contribution < -0.4 is 5.46 Å². The Balaban J connectivity index is 2.91. The molecule has 0 radical (unpaired) electrons. The van der Waals surface area contributed by atoms with Crippen molar-refractivity contribution in [2.24, 2.45) is 0 Å². The molecule has 0 saturated heterocycles. The van der Waals surface area contributed by atoms with Crippen LogP contribution >= 0.6 is 0 Å². The molecule has 1 aromatic rings. The predicted molar refractivity (Wildman–Crippen MR) is 78.0 cm³/mol. The predicted octanol–water partition coefficient (Wildman–Crippen LogP) is 2.61. The van der Waals surface area contributed by atoms with Gasteiger partial charge in [0, 0.05) is 0 Å². The van der Waals surface area contributed by atoms with Gasteiger partial charge < -0.3 is 10.0 Å². The van der Waals surface area contributed by atoms with E-state index in [4.69, 9.17) is 0 Å². The number of hydrogen-bond acceptors (Lipinski definition) is 2. The maximum absolute atomic E-state index is 9.44. The Morgan fingerprint density at radius 2 is 2.00 bits per heavy atom. The van der Waals surface area contributed by atoms with Crippen molar-refractivity contribution < 1.29 is 10.0 Å². The first-order chi connectivity index (χ1) is 8.70. The summed E-state index contributed by atoms with van der Waals surface area (Å²) >= 11 is 0. The van der Waals surface area contributed by atoms with Gasteiger partial charge in [-0.15, -0.1) is 6.58 Å². The van der Waals surface area contributed by atoms with Crippen LogP contribution in [-0.4, -0.2) is 17.2 Å². The molecule has 3 heteroatoms. The van der Waals surface area contributed by atoms with Gasteiger partial charge in [0.2, 0.25) is 0 Å². The lowest BCUT2D eigenvalue weighted by Crippen LogP contribution is -2.34. The Bertz CT molecular complexity index is 363. The number of rotatable bonds is 8. The molecular formula is C15H23BO2. The molecule has 0 aliphatic heterocycles. The molecule has 0 bridgehead atoms. The zero-order valence-corrected chi connectivity index (χ0v) is 11.2. The van der Waals surface area contributed by atoms with Gasteiger partial charge in [0.05, 0.1) is 0 Å². The van der Waals surface area contributed by atoms with Crippen LogP contribution in [0.15, 0.2) is 36.9 Å². The average molecular weight is 246 g/mol. The van der Waals surface area contributed by atoms with Crippen molar-refractivity contribution in [3.63, 3.8) is 0 Å². The second-order valence-electron chi connectivity index (χ2n) is 4.71. The van der Waals surface area contributed by atoms with Gasteiger partial charge in [0.15, 0.2) is 0 Å². The lowest BCUT2D eigenvalue weighted by Gasteiger charge is -2.20. The Labute approximate surface area is 111 Å². The molecule has 0 amide bonds. The van der Waals surface area contributed by atoms with E-state index in [-0.39, 0.29) is 0 Å². The van der Waals surface area contributed by atoms with Crippen molar-refractivity contribution in [2.45, 2.75) is 44.9 Å². The van der Waals surface area contributed by atoms with Crippen LogP contribution in [0.5, 0.6) is 0 Å². The van der Waals surface area contributed by atoms with Gasteiger partial charge in [-0.1, -0.05) is 50.1 Å². The lowest BCUT2D eigenvalue weighted by molar-refractivity contribution is 0.424. The van der Waals surface area contributed by atoms with Crippen molar-refractivity contribution in [1.29, 1.82) is 0 Å². The van der Waals surface area contributed by atoms with Gasteiger partial charge in [0.25, 0.3) is 0 Å². The summed E-state index contributed by atoms with van der Waals surface area (Å²) in [6.07, 6.45) is 7.33. The molecule has 1 rings (SSSR count). The molecule has 2 nitrogen and oxygen atoms in total. The molecule has 0 aromatic heterocycles. The van der Waals surface area contributed by atoms with Crippen LogP contribution in [0.4, 0.5) is 0 Å². The normalized spacial score (nSPS) is 12.2. The minimum absolute atomic E-state index is 0.390. The van der Waals surface area contributed by atoms with Crippen LogP contribution in [-0.2, 0) is 0 Å². The SMILES string of the molecule is C=CCCC(CCCC)c1ccccc1B(O)O. The Morgan fingerprint density at radius 3 is 2.61 bits per heavy atom. The summed E-state index contributed by atoms with van der Waals surface area (Å²) in [7, 11) is -1.38. The zero-order valence-electron chi connectivity index (χ0n) is 11.2. The smallest absolute Gasteiger partial charge is 0.423 e. The fourth-order valence-electron chi connectivity index (χ4n) is 2.34. The summed E-state index contributed by atoms with van der Waals surface area (Å²) < 4.78 is 0. The maximum Gasteiger partial charge on any atom is 0.488 e. The minimum Gasteiger partial charge on any atom is -0.423 e. The first kappa shape index (κ1) is 15.0. The molecule has 1 aromatic carbocycles. The van der Waals surface area contributed by atoms with E-state index in [2.05, 4.69) is 13.5 Å². The highest BCUT2D eigenvalue weighted by atomic mass is 16.4. The van der Waals surface area contributed by atoms with Gasteiger partial charge in [-0.3, -0.25) is 0 Å². The molecule has 0 saturated carbocycles. The van der Waals surface area contributed by atoms with Crippen LogP contribution in [0.1, 0.15) is 50.5 Å². The fourth-order valence-corrected chi connectivity index (χ4v) is 2.34. The lowest BCUT2D eigenvalue weighted by atomic mass is 9.72. The summed E-state index contributed by atoms with van der Waals surface area (Å²) in [5.74, 6) is 0.390. The van der Waals surface area contributed by atoms with Gasteiger partial charge in [-0.25, -0.2) is 0 Å². The van der Waals surface area contributed by atoms with E-state index in [0.29, 0.717) is 11.4 Å². The summed E-state index contributed by atoms with van der Waals surface area (Å²) in [6.45, 7) is 5.94.